The van der Waals surface area contributed by atoms with E-state index in [0.29, 0.717) is 5.92 Å². The van der Waals surface area contributed by atoms with E-state index in [1.54, 1.807) is 6.33 Å². The summed E-state index contributed by atoms with van der Waals surface area (Å²) in [4.78, 5) is 27.0. The molecule has 0 amide bonds. The van der Waals surface area contributed by atoms with Gasteiger partial charge in [0.05, 0.1) is 12.7 Å². The summed E-state index contributed by atoms with van der Waals surface area (Å²) in [7, 11) is 0. The Balaban J connectivity index is 0.000000152. The van der Waals surface area contributed by atoms with Crippen molar-refractivity contribution >= 4 is 11.6 Å². The fraction of sp³-hybridized carbons (Fsp3) is 0.630. The van der Waals surface area contributed by atoms with Gasteiger partial charge in [0.2, 0.25) is 0 Å². The minimum atomic E-state index is 0.594. The maximum absolute atomic E-state index is 4.77. The number of aromatic nitrogens is 8. The molecule has 0 spiro atoms. The van der Waals surface area contributed by atoms with Crippen molar-refractivity contribution in [3.63, 3.8) is 0 Å². The molecule has 0 bridgehead atoms. The molecule has 6 rings (SSSR count). The van der Waals surface area contributed by atoms with Crippen LogP contribution in [0.2, 0.25) is 0 Å². The third-order valence-electron chi connectivity index (χ3n) is 6.92. The van der Waals surface area contributed by atoms with Gasteiger partial charge in [-0.05, 0) is 51.9 Å². The first-order valence-corrected chi connectivity index (χ1v) is 14.1. The second-order valence-corrected chi connectivity index (χ2v) is 10.2. The molecule has 198 valence electrons. The summed E-state index contributed by atoms with van der Waals surface area (Å²) in [5.74, 6) is 6.08. The Kier molecular flexibility index (Phi) is 8.11. The lowest BCUT2D eigenvalue weighted by atomic mass is 10.2. The molecule has 0 atom stereocenters. The van der Waals surface area contributed by atoms with E-state index in [1.165, 1.54) is 51.4 Å². The molecule has 0 aromatic heterocycles. The number of imidazole rings is 2. The van der Waals surface area contributed by atoms with Crippen LogP contribution in [0.25, 0.3) is 23.0 Å². The number of hydrogen-bond acceptors (Lipinski definition) is 8. The number of hydrogen-bond donors (Lipinski definition) is 2. The molecule has 0 radical (unpaired) electrons. The van der Waals surface area contributed by atoms with Crippen molar-refractivity contribution in [3.05, 3.63) is 24.8 Å². The molecule has 2 aliphatic carbocycles. The van der Waals surface area contributed by atoms with Crippen molar-refractivity contribution < 1.29 is 0 Å². The average Bonchev–Trinajstić information content (AvgIpc) is 3.83. The van der Waals surface area contributed by atoms with Crippen LogP contribution < -0.4 is 10.6 Å². The third-order valence-corrected chi connectivity index (χ3v) is 6.92. The second-order valence-electron chi connectivity index (χ2n) is 10.2. The summed E-state index contributed by atoms with van der Waals surface area (Å²) >= 11 is 0. The lowest BCUT2D eigenvalue weighted by molar-refractivity contribution is 0.575. The Hall–Kier alpha value is -3.30. The maximum Gasteiger partial charge on any atom is 0.165 e. The zero-order valence-electron chi connectivity index (χ0n) is 22.4. The summed E-state index contributed by atoms with van der Waals surface area (Å²) in [5, 5.41) is 6.51. The number of unbranched alkanes of at least 4 members (excludes halogenated alkanes) is 3. The van der Waals surface area contributed by atoms with E-state index in [4.69, 9.17) is 9.97 Å². The molecule has 2 fully saturated rings. The highest BCUT2D eigenvalue weighted by molar-refractivity contribution is 5.68. The number of nitrogens with one attached hydrogen (secondary N) is 2. The smallest absolute Gasteiger partial charge is 0.165 e. The van der Waals surface area contributed by atoms with Crippen LogP contribution in [-0.2, 0) is 13.1 Å². The number of nitrogens with zero attached hydrogens (tertiary/aromatic N) is 8. The zero-order chi connectivity index (χ0) is 25.6. The Labute approximate surface area is 219 Å². The molecule has 10 nitrogen and oxygen atoms in total. The zero-order valence-corrected chi connectivity index (χ0v) is 22.4. The van der Waals surface area contributed by atoms with Gasteiger partial charge in [-0.1, -0.05) is 26.2 Å². The van der Waals surface area contributed by atoms with Crippen LogP contribution in [0.3, 0.4) is 0 Å². The quantitative estimate of drug-likeness (QED) is 0.250. The van der Waals surface area contributed by atoms with Gasteiger partial charge in [-0.2, -0.15) is 0 Å². The van der Waals surface area contributed by atoms with Crippen LogP contribution in [0.5, 0.6) is 0 Å². The fourth-order valence-corrected chi connectivity index (χ4v) is 4.54. The first-order valence-electron chi connectivity index (χ1n) is 14.1. The molecule has 0 aromatic carbocycles. The SMILES string of the molecule is CCCCCCn1cnc(NCC)c2ncnc1-2.CCNc1ncn(CC2CC2)c2nc(C3CC3)nc1-2. The van der Waals surface area contributed by atoms with Crippen LogP contribution in [0.1, 0.15) is 83.9 Å². The van der Waals surface area contributed by atoms with Gasteiger partial charge in [-0.15, -0.1) is 0 Å². The van der Waals surface area contributed by atoms with Crippen LogP contribution >= 0.6 is 0 Å². The largest absolute Gasteiger partial charge is 0.368 e. The van der Waals surface area contributed by atoms with Crippen molar-refractivity contribution in [3.8, 4) is 23.0 Å². The van der Waals surface area contributed by atoms with Gasteiger partial charge in [-0.3, -0.25) is 0 Å². The monoisotopic (exact) mass is 504 g/mol. The molecular weight excluding hydrogens is 464 g/mol. The molecule has 0 aromatic rings. The molecular formula is C27H40N10. The maximum atomic E-state index is 4.77. The summed E-state index contributed by atoms with van der Waals surface area (Å²) in [6, 6.07) is 0. The van der Waals surface area contributed by atoms with E-state index in [-0.39, 0.29) is 0 Å². The molecule has 2 saturated carbocycles. The van der Waals surface area contributed by atoms with E-state index in [1.807, 2.05) is 12.7 Å². The van der Waals surface area contributed by atoms with Crippen LogP contribution in [0.4, 0.5) is 11.6 Å². The topological polar surface area (TPSA) is 111 Å². The highest BCUT2D eigenvalue weighted by Gasteiger charge is 2.32. The molecule has 0 saturated heterocycles. The molecule has 2 N–H and O–H groups in total. The number of anilines is 2. The first-order chi connectivity index (χ1) is 18.2. The molecule has 37 heavy (non-hydrogen) atoms. The molecule has 6 aliphatic rings. The Morgan fingerprint density at radius 1 is 0.757 bits per heavy atom. The molecule has 4 heterocycles. The lowest BCUT2D eigenvalue weighted by Crippen LogP contribution is -2.10. The van der Waals surface area contributed by atoms with Gasteiger partial charge in [-0.25, -0.2) is 29.9 Å². The summed E-state index contributed by atoms with van der Waals surface area (Å²) < 4.78 is 4.28. The van der Waals surface area contributed by atoms with Gasteiger partial charge in [0.25, 0.3) is 0 Å². The highest BCUT2D eigenvalue weighted by Crippen LogP contribution is 2.41. The summed E-state index contributed by atoms with van der Waals surface area (Å²) in [5.41, 5.74) is 1.82. The van der Waals surface area contributed by atoms with Crippen molar-refractivity contribution in [2.75, 3.05) is 23.7 Å². The molecule has 0 unspecified atom stereocenters. The molecule has 10 heteroatoms. The van der Waals surface area contributed by atoms with Crippen LogP contribution in [0, 0.1) is 5.92 Å². The second kappa shape index (κ2) is 11.8. The van der Waals surface area contributed by atoms with Crippen molar-refractivity contribution in [1.29, 1.82) is 0 Å². The van der Waals surface area contributed by atoms with Crippen molar-refractivity contribution in [2.24, 2.45) is 5.92 Å². The van der Waals surface area contributed by atoms with Gasteiger partial charge in [0, 0.05) is 32.1 Å². The van der Waals surface area contributed by atoms with Gasteiger partial charge in [0.15, 0.2) is 29.0 Å². The van der Waals surface area contributed by atoms with E-state index in [9.17, 15) is 0 Å². The van der Waals surface area contributed by atoms with E-state index < -0.39 is 0 Å². The standard InChI is InChI=1S/C14H19N5.C13H21N5/c1-2-15-13-11-14(18-12(17-11)10-5-6-10)19(8-16-13)7-9-3-4-9;1-3-5-6-7-8-18-10-17-12(14-4-2)11-13(18)16-9-15-11/h8-10,15H,2-7H2,1H3;9-10,14H,3-8H2,1-2H3. The van der Waals surface area contributed by atoms with Gasteiger partial charge < -0.3 is 19.8 Å². The Morgan fingerprint density at radius 2 is 1.49 bits per heavy atom. The van der Waals surface area contributed by atoms with E-state index in [2.05, 4.69) is 60.5 Å². The Bertz CT molecular complexity index is 1210. The van der Waals surface area contributed by atoms with Crippen molar-refractivity contribution in [2.45, 2.75) is 91.1 Å². The number of aryl methyl sites for hydroxylation is 1. The number of rotatable bonds is 12. The van der Waals surface area contributed by atoms with Gasteiger partial charge >= 0.3 is 0 Å². The highest BCUT2D eigenvalue weighted by atomic mass is 15.2. The van der Waals surface area contributed by atoms with Crippen LogP contribution in [-0.4, -0.2) is 52.1 Å². The third kappa shape index (κ3) is 6.17. The van der Waals surface area contributed by atoms with Crippen molar-refractivity contribution in [1.82, 2.24) is 39.0 Å². The average molecular weight is 505 g/mol. The predicted molar refractivity (Wildman–Crippen MR) is 146 cm³/mol. The summed E-state index contributed by atoms with van der Waals surface area (Å²) in [6.07, 6.45) is 15.5. The number of fused-ring (bicyclic) bond motifs is 2. The predicted octanol–water partition coefficient (Wildman–Crippen LogP) is 5.29. The van der Waals surface area contributed by atoms with E-state index in [0.717, 1.165) is 72.6 Å². The lowest BCUT2D eigenvalue weighted by Gasteiger charge is -2.13. The minimum absolute atomic E-state index is 0.594. The Morgan fingerprint density at radius 3 is 2.16 bits per heavy atom. The fourth-order valence-electron chi connectivity index (χ4n) is 4.54. The van der Waals surface area contributed by atoms with Crippen LogP contribution in [0.15, 0.2) is 19.0 Å². The first kappa shape index (κ1) is 25.4. The van der Waals surface area contributed by atoms with E-state index >= 15 is 0 Å². The molecule has 4 aliphatic heterocycles. The van der Waals surface area contributed by atoms with Gasteiger partial charge in [0.1, 0.15) is 17.8 Å². The minimum Gasteiger partial charge on any atom is -0.368 e. The normalized spacial score (nSPS) is 15.1. The summed E-state index contributed by atoms with van der Waals surface area (Å²) in [6.45, 7) is 10.1.